The summed E-state index contributed by atoms with van der Waals surface area (Å²) in [5.41, 5.74) is 1.91. The molecule has 0 aliphatic carbocycles. The molecule has 0 N–H and O–H groups in total. The van der Waals surface area contributed by atoms with Crippen LogP contribution in [0, 0.1) is 0 Å². The molecule has 0 aromatic heterocycles. The van der Waals surface area contributed by atoms with Gasteiger partial charge in [0.25, 0.3) is 0 Å². The van der Waals surface area contributed by atoms with E-state index in [9.17, 15) is 4.79 Å². The highest BCUT2D eigenvalue weighted by Crippen LogP contribution is 2.16. The Balaban J connectivity index is 1.93. The van der Waals surface area contributed by atoms with Crippen molar-refractivity contribution < 1.29 is 14.3 Å². The second-order valence-electron chi connectivity index (χ2n) is 4.34. The van der Waals surface area contributed by atoms with Crippen molar-refractivity contribution in [2.75, 3.05) is 7.11 Å². The number of esters is 1. The van der Waals surface area contributed by atoms with Crippen LogP contribution in [0.25, 0.3) is 6.08 Å². The molecular formula is C17H15ClO3. The van der Waals surface area contributed by atoms with Gasteiger partial charge in [-0.05, 0) is 41.5 Å². The fourth-order valence-electron chi connectivity index (χ4n) is 1.70. The Bertz CT molecular complexity index is 633. The van der Waals surface area contributed by atoms with Crippen LogP contribution in [-0.4, -0.2) is 13.1 Å². The number of hydrogen-bond acceptors (Lipinski definition) is 3. The number of ether oxygens (including phenoxy) is 2. The van der Waals surface area contributed by atoms with Crippen molar-refractivity contribution in [1.29, 1.82) is 0 Å². The first-order valence-corrected chi connectivity index (χ1v) is 6.78. The maximum absolute atomic E-state index is 11.0. The number of rotatable bonds is 5. The zero-order valence-corrected chi connectivity index (χ0v) is 12.3. The summed E-state index contributed by atoms with van der Waals surface area (Å²) in [7, 11) is 1.35. The molecule has 0 amide bonds. The molecule has 108 valence electrons. The van der Waals surface area contributed by atoms with E-state index in [1.165, 1.54) is 13.2 Å². The highest BCUT2D eigenvalue weighted by Gasteiger charge is 1.98. The lowest BCUT2D eigenvalue weighted by atomic mass is 10.2. The smallest absolute Gasteiger partial charge is 0.330 e. The molecule has 2 aromatic carbocycles. The summed E-state index contributed by atoms with van der Waals surface area (Å²) in [4.78, 5) is 11.0. The Kier molecular flexibility index (Phi) is 5.41. The van der Waals surface area contributed by atoms with Gasteiger partial charge in [-0.15, -0.1) is 0 Å². The lowest BCUT2D eigenvalue weighted by Gasteiger charge is -2.06. The fraction of sp³-hybridized carbons (Fsp3) is 0.118. The first-order chi connectivity index (χ1) is 10.2. The molecule has 2 rings (SSSR count). The maximum atomic E-state index is 11.0. The molecule has 3 nitrogen and oxygen atoms in total. The van der Waals surface area contributed by atoms with Gasteiger partial charge in [0.1, 0.15) is 12.4 Å². The first kappa shape index (κ1) is 15.1. The molecule has 0 fully saturated rings. The summed E-state index contributed by atoms with van der Waals surface area (Å²) in [5.74, 6) is 0.376. The predicted molar refractivity (Wildman–Crippen MR) is 83.3 cm³/mol. The topological polar surface area (TPSA) is 35.5 Å². The van der Waals surface area contributed by atoms with Crippen LogP contribution in [-0.2, 0) is 16.1 Å². The molecule has 0 spiro atoms. The van der Waals surface area contributed by atoms with Crippen molar-refractivity contribution in [1.82, 2.24) is 0 Å². The van der Waals surface area contributed by atoms with Gasteiger partial charge in [0.2, 0.25) is 0 Å². The minimum Gasteiger partial charge on any atom is -0.489 e. The number of carbonyl (C=O) groups excluding carboxylic acids is 1. The van der Waals surface area contributed by atoms with Gasteiger partial charge in [0.15, 0.2) is 0 Å². The van der Waals surface area contributed by atoms with Crippen LogP contribution in [0.5, 0.6) is 5.75 Å². The quantitative estimate of drug-likeness (QED) is 0.616. The summed E-state index contributed by atoms with van der Waals surface area (Å²) >= 11 is 5.92. The number of carbonyl (C=O) groups is 1. The average molecular weight is 303 g/mol. The molecule has 0 aliphatic rings. The number of methoxy groups -OCH3 is 1. The van der Waals surface area contributed by atoms with Crippen molar-refractivity contribution in [2.24, 2.45) is 0 Å². The van der Waals surface area contributed by atoms with Crippen molar-refractivity contribution in [3.8, 4) is 5.75 Å². The zero-order valence-electron chi connectivity index (χ0n) is 11.6. The van der Waals surface area contributed by atoms with Gasteiger partial charge in [-0.2, -0.15) is 0 Å². The Labute approximate surface area is 128 Å². The lowest BCUT2D eigenvalue weighted by molar-refractivity contribution is -0.134. The molecule has 0 unspecified atom stereocenters. The van der Waals surface area contributed by atoms with E-state index in [2.05, 4.69) is 4.74 Å². The van der Waals surface area contributed by atoms with Crippen molar-refractivity contribution >= 4 is 23.6 Å². The van der Waals surface area contributed by atoms with Crippen LogP contribution in [0.2, 0.25) is 5.02 Å². The zero-order chi connectivity index (χ0) is 15.1. The molecule has 0 saturated carbocycles. The second-order valence-corrected chi connectivity index (χ2v) is 4.78. The van der Waals surface area contributed by atoms with E-state index in [1.54, 1.807) is 6.08 Å². The van der Waals surface area contributed by atoms with E-state index in [4.69, 9.17) is 16.3 Å². The number of hydrogen-bond donors (Lipinski definition) is 0. The minimum atomic E-state index is -0.378. The molecule has 0 atom stereocenters. The first-order valence-electron chi connectivity index (χ1n) is 6.41. The molecule has 0 bridgehead atoms. The Hall–Kier alpha value is -2.26. The fourth-order valence-corrected chi connectivity index (χ4v) is 1.91. The molecule has 21 heavy (non-hydrogen) atoms. The molecule has 2 aromatic rings. The van der Waals surface area contributed by atoms with E-state index in [-0.39, 0.29) is 5.97 Å². The van der Waals surface area contributed by atoms with Crippen molar-refractivity contribution in [3.63, 3.8) is 0 Å². The normalized spacial score (nSPS) is 10.6. The average Bonchev–Trinajstić information content (AvgIpc) is 2.51. The third kappa shape index (κ3) is 4.97. The predicted octanol–water partition coefficient (Wildman–Crippen LogP) is 4.11. The Morgan fingerprint density at radius 3 is 2.62 bits per heavy atom. The highest BCUT2D eigenvalue weighted by molar-refractivity contribution is 6.30. The molecule has 4 heteroatoms. The Morgan fingerprint density at radius 2 is 1.95 bits per heavy atom. The molecule has 0 heterocycles. The van der Waals surface area contributed by atoms with Crippen LogP contribution in [0.4, 0.5) is 0 Å². The summed E-state index contributed by atoms with van der Waals surface area (Å²) in [6.07, 6.45) is 3.06. The van der Waals surface area contributed by atoms with Crippen LogP contribution >= 0.6 is 11.6 Å². The van der Waals surface area contributed by atoms with E-state index < -0.39 is 0 Å². The van der Waals surface area contributed by atoms with E-state index in [0.717, 1.165) is 16.9 Å². The molecule has 0 radical (unpaired) electrons. The van der Waals surface area contributed by atoms with Gasteiger partial charge in [-0.3, -0.25) is 0 Å². The lowest BCUT2D eigenvalue weighted by Crippen LogP contribution is -1.95. The van der Waals surface area contributed by atoms with Crippen molar-refractivity contribution in [3.05, 3.63) is 70.8 Å². The number of benzene rings is 2. The van der Waals surface area contributed by atoms with Crippen LogP contribution in [0.1, 0.15) is 11.1 Å². The second kappa shape index (κ2) is 7.50. The van der Waals surface area contributed by atoms with E-state index in [0.29, 0.717) is 11.6 Å². The third-order valence-corrected chi connectivity index (χ3v) is 3.02. The summed E-state index contributed by atoms with van der Waals surface area (Å²) in [6.45, 7) is 0.456. The van der Waals surface area contributed by atoms with E-state index >= 15 is 0 Å². The van der Waals surface area contributed by atoms with Crippen LogP contribution in [0.15, 0.2) is 54.6 Å². The van der Waals surface area contributed by atoms with Crippen LogP contribution in [0.3, 0.4) is 0 Å². The third-order valence-electron chi connectivity index (χ3n) is 2.79. The van der Waals surface area contributed by atoms with Gasteiger partial charge >= 0.3 is 5.97 Å². The highest BCUT2D eigenvalue weighted by atomic mass is 35.5. The van der Waals surface area contributed by atoms with Gasteiger partial charge in [0, 0.05) is 11.1 Å². The summed E-state index contributed by atoms with van der Waals surface area (Å²) in [5, 5.41) is 0.694. The maximum Gasteiger partial charge on any atom is 0.330 e. The molecular weight excluding hydrogens is 288 g/mol. The summed E-state index contributed by atoms with van der Waals surface area (Å²) < 4.78 is 10.2. The molecule has 0 saturated heterocycles. The standard InChI is InChI=1S/C17H15ClO3/c1-20-17(19)10-7-13-5-8-16(9-6-13)21-12-14-3-2-4-15(18)11-14/h2-11H,12H2,1H3/b10-7+. The van der Waals surface area contributed by atoms with Crippen molar-refractivity contribution in [2.45, 2.75) is 6.61 Å². The Morgan fingerprint density at radius 1 is 1.19 bits per heavy atom. The largest absolute Gasteiger partial charge is 0.489 e. The minimum absolute atomic E-state index is 0.378. The SMILES string of the molecule is COC(=O)/C=C/c1ccc(OCc2cccc(Cl)c2)cc1. The van der Waals surface area contributed by atoms with Gasteiger partial charge in [-0.1, -0.05) is 35.9 Å². The molecule has 0 aliphatic heterocycles. The van der Waals surface area contributed by atoms with Crippen LogP contribution < -0.4 is 4.74 Å². The van der Waals surface area contributed by atoms with Gasteiger partial charge < -0.3 is 9.47 Å². The summed E-state index contributed by atoms with van der Waals surface area (Å²) in [6, 6.07) is 15.0. The number of halogens is 1. The van der Waals surface area contributed by atoms with Gasteiger partial charge in [-0.25, -0.2) is 4.79 Å². The van der Waals surface area contributed by atoms with E-state index in [1.807, 2.05) is 48.5 Å². The monoisotopic (exact) mass is 302 g/mol. The van der Waals surface area contributed by atoms with Gasteiger partial charge in [0.05, 0.1) is 7.11 Å².